The molecule has 1 fully saturated rings. The van der Waals surface area contributed by atoms with Crippen LogP contribution in [0.2, 0.25) is 0 Å². The van der Waals surface area contributed by atoms with Crippen LogP contribution in [-0.4, -0.2) is 56.2 Å². The molecule has 0 aromatic carbocycles. The number of aryl methyl sites for hydroxylation is 1. The number of anilines is 1. The van der Waals surface area contributed by atoms with Gasteiger partial charge in [0.25, 0.3) is 0 Å². The first-order valence-electron chi connectivity index (χ1n) is 8.83. The highest BCUT2D eigenvalue weighted by molar-refractivity contribution is 5.49. The van der Waals surface area contributed by atoms with Gasteiger partial charge in [-0.2, -0.15) is 0 Å². The Hall–Kier alpha value is -2.87. The van der Waals surface area contributed by atoms with Gasteiger partial charge in [-0.15, -0.1) is 10.2 Å². The molecule has 1 aliphatic heterocycles. The van der Waals surface area contributed by atoms with Crippen LogP contribution in [-0.2, 0) is 13.0 Å². The van der Waals surface area contributed by atoms with E-state index in [-0.39, 0.29) is 0 Å². The molecular formula is C18H21N7O. The summed E-state index contributed by atoms with van der Waals surface area (Å²) in [5, 5.41) is 8.29. The van der Waals surface area contributed by atoms with Gasteiger partial charge in [-0.1, -0.05) is 6.92 Å². The summed E-state index contributed by atoms with van der Waals surface area (Å²) in [6.45, 7) is 6.46. The topological polar surface area (TPSA) is 84.1 Å². The number of piperazine rings is 1. The van der Waals surface area contributed by atoms with Crippen molar-refractivity contribution in [3.63, 3.8) is 0 Å². The Morgan fingerprint density at radius 3 is 2.77 bits per heavy atom. The maximum Gasteiger partial charge on any atom is 0.249 e. The van der Waals surface area contributed by atoms with Gasteiger partial charge in [0.05, 0.1) is 12.1 Å². The molecule has 8 heteroatoms. The Bertz CT molecular complexity index is 844. The third kappa shape index (κ3) is 3.70. The van der Waals surface area contributed by atoms with Gasteiger partial charge < -0.3 is 9.32 Å². The van der Waals surface area contributed by atoms with Gasteiger partial charge in [0.1, 0.15) is 12.1 Å². The Morgan fingerprint density at radius 2 is 2.00 bits per heavy atom. The lowest BCUT2D eigenvalue weighted by Gasteiger charge is -2.34. The van der Waals surface area contributed by atoms with Crippen molar-refractivity contribution in [2.45, 2.75) is 19.9 Å². The molecule has 4 rings (SSSR count). The molecule has 4 heterocycles. The Balaban J connectivity index is 1.35. The summed E-state index contributed by atoms with van der Waals surface area (Å²) in [6, 6.07) is 5.85. The minimum Gasteiger partial charge on any atom is -0.419 e. The van der Waals surface area contributed by atoms with E-state index in [9.17, 15) is 0 Å². The molecule has 0 radical (unpaired) electrons. The second-order valence-electron chi connectivity index (χ2n) is 6.23. The molecule has 0 unspecified atom stereocenters. The zero-order chi connectivity index (χ0) is 17.8. The molecule has 26 heavy (non-hydrogen) atoms. The number of rotatable bonds is 5. The average molecular weight is 351 g/mol. The van der Waals surface area contributed by atoms with Gasteiger partial charge in [0.15, 0.2) is 0 Å². The maximum absolute atomic E-state index is 5.78. The molecule has 0 bridgehead atoms. The first-order chi connectivity index (χ1) is 12.8. The van der Waals surface area contributed by atoms with E-state index in [0.717, 1.165) is 49.7 Å². The van der Waals surface area contributed by atoms with Crippen LogP contribution < -0.4 is 4.90 Å². The number of aromatic nitrogens is 5. The lowest BCUT2D eigenvalue weighted by atomic mass is 10.2. The summed E-state index contributed by atoms with van der Waals surface area (Å²) in [6.07, 6.45) is 6.02. The van der Waals surface area contributed by atoms with Crippen LogP contribution in [0.25, 0.3) is 11.5 Å². The first kappa shape index (κ1) is 16.6. The largest absolute Gasteiger partial charge is 0.419 e. The summed E-state index contributed by atoms with van der Waals surface area (Å²) < 4.78 is 5.78. The summed E-state index contributed by atoms with van der Waals surface area (Å²) in [5.74, 6) is 2.15. The predicted octanol–water partition coefficient (Wildman–Crippen LogP) is 1.81. The fourth-order valence-electron chi connectivity index (χ4n) is 3.00. The second kappa shape index (κ2) is 7.57. The molecule has 0 amide bonds. The van der Waals surface area contributed by atoms with E-state index in [4.69, 9.17) is 4.42 Å². The van der Waals surface area contributed by atoms with Gasteiger partial charge in [-0.3, -0.25) is 9.88 Å². The number of pyridine rings is 1. The van der Waals surface area contributed by atoms with E-state index in [1.165, 1.54) is 0 Å². The van der Waals surface area contributed by atoms with Crippen molar-refractivity contribution in [1.82, 2.24) is 30.0 Å². The van der Waals surface area contributed by atoms with Crippen LogP contribution >= 0.6 is 0 Å². The van der Waals surface area contributed by atoms with Gasteiger partial charge in [0, 0.05) is 50.3 Å². The summed E-state index contributed by atoms with van der Waals surface area (Å²) in [4.78, 5) is 17.4. The number of hydrogen-bond acceptors (Lipinski definition) is 8. The zero-order valence-corrected chi connectivity index (χ0v) is 14.7. The van der Waals surface area contributed by atoms with E-state index in [0.29, 0.717) is 18.3 Å². The summed E-state index contributed by atoms with van der Waals surface area (Å²) in [5.41, 5.74) is 1.91. The molecule has 0 aliphatic carbocycles. The van der Waals surface area contributed by atoms with Crippen LogP contribution in [0.3, 0.4) is 0 Å². The monoisotopic (exact) mass is 351 g/mol. The van der Waals surface area contributed by atoms with Crippen molar-refractivity contribution in [2.24, 2.45) is 0 Å². The van der Waals surface area contributed by atoms with Crippen LogP contribution in [0.5, 0.6) is 0 Å². The van der Waals surface area contributed by atoms with Crippen molar-refractivity contribution >= 4 is 5.82 Å². The summed E-state index contributed by atoms with van der Waals surface area (Å²) >= 11 is 0. The van der Waals surface area contributed by atoms with Crippen molar-refractivity contribution in [3.05, 3.63) is 48.5 Å². The average Bonchev–Trinajstić information content (AvgIpc) is 3.18. The highest BCUT2D eigenvalue weighted by Gasteiger charge is 2.20. The second-order valence-corrected chi connectivity index (χ2v) is 6.23. The van der Waals surface area contributed by atoms with Crippen molar-refractivity contribution < 1.29 is 4.42 Å². The number of nitrogens with zero attached hydrogens (tertiary/aromatic N) is 7. The van der Waals surface area contributed by atoms with E-state index < -0.39 is 0 Å². The van der Waals surface area contributed by atoms with Crippen LogP contribution in [0, 0.1) is 0 Å². The quantitative estimate of drug-likeness (QED) is 0.688. The Morgan fingerprint density at radius 1 is 1.12 bits per heavy atom. The normalized spacial score (nSPS) is 15.3. The van der Waals surface area contributed by atoms with Crippen molar-refractivity contribution in [1.29, 1.82) is 0 Å². The van der Waals surface area contributed by atoms with Gasteiger partial charge in [0.2, 0.25) is 11.8 Å². The zero-order valence-electron chi connectivity index (χ0n) is 14.7. The fraction of sp³-hybridized carbons (Fsp3) is 0.389. The van der Waals surface area contributed by atoms with Crippen molar-refractivity contribution in [2.75, 3.05) is 31.1 Å². The third-order valence-corrected chi connectivity index (χ3v) is 4.50. The van der Waals surface area contributed by atoms with Crippen LogP contribution in [0.15, 0.2) is 41.3 Å². The molecule has 0 spiro atoms. The Labute approximate surface area is 151 Å². The minimum absolute atomic E-state index is 0.514. The first-order valence-corrected chi connectivity index (χ1v) is 8.83. The fourth-order valence-corrected chi connectivity index (χ4v) is 3.00. The third-order valence-electron chi connectivity index (χ3n) is 4.50. The minimum atomic E-state index is 0.514. The highest BCUT2D eigenvalue weighted by atomic mass is 16.4. The van der Waals surface area contributed by atoms with E-state index >= 15 is 0 Å². The maximum atomic E-state index is 5.78. The molecule has 1 aliphatic rings. The highest BCUT2D eigenvalue weighted by Crippen LogP contribution is 2.18. The standard InChI is InChI=1S/C18H21N7O/c1-2-15-10-16(21-13-20-15)25-8-6-24(7-9-25)12-17-22-23-18(26-17)14-4-3-5-19-11-14/h3-5,10-11,13H,2,6-9,12H2,1H3. The van der Waals surface area contributed by atoms with Crippen LogP contribution in [0.4, 0.5) is 5.82 Å². The molecule has 8 nitrogen and oxygen atoms in total. The predicted molar refractivity (Wildman–Crippen MR) is 96.4 cm³/mol. The molecule has 1 saturated heterocycles. The summed E-state index contributed by atoms with van der Waals surface area (Å²) in [7, 11) is 0. The van der Waals surface area contributed by atoms with E-state index in [1.807, 2.05) is 12.1 Å². The molecule has 3 aromatic rings. The molecule has 134 valence electrons. The molecular weight excluding hydrogens is 330 g/mol. The SMILES string of the molecule is CCc1cc(N2CCN(Cc3nnc(-c4cccnc4)o3)CC2)ncn1. The lowest BCUT2D eigenvalue weighted by Crippen LogP contribution is -2.46. The molecule has 0 saturated carbocycles. The Kier molecular flexibility index (Phi) is 4.83. The van der Waals surface area contributed by atoms with E-state index in [1.54, 1.807) is 18.7 Å². The number of hydrogen-bond donors (Lipinski definition) is 0. The smallest absolute Gasteiger partial charge is 0.249 e. The molecule has 3 aromatic heterocycles. The lowest BCUT2D eigenvalue weighted by molar-refractivity contribution is 0.226. The van der Waals surface area contributed by atoms with Gasteiger partial charge in [-0.05, 0) is 18.6 Å². The van der Waals surface area contributed by atoms with Crippen LogP contribution in [0.1, 0.15) is 18.5 Å². The van der Waals surface area contributed by atoms with E-state index in [2.05, 4.69) is 47.9 Å². The molecule has 0 atom stereocenters. The van der Waals surface area contributed by atoms with Gasteiger partial charge in [-0.25, -0.2) is 9.97 Å². The van der Waals surface area contributed by atoms with Gasteiger partial charge >= 0.3 is 0 Å². The van der Waals surface area contributed by atoms with Crippen molar-refractivity contribution in [3.8, 4) is 11.5 Å². The molecule has 0 N–H and O–H groups in total.